The molecule has 22 heavy (non-hydrogen) atoms. The van der Waals surface area contributed by atoms with Gasteiger partial charge >= 0.3 is 0 Å². The van der Waals surface area contributed by atoms with Crippen molar-refractivity contribution in [3.05, 3.63) is 42.2 Å². The van der Waals surface area contributed by atoms with Gasteiger partial charge in [0.25, 0.3) is 0 Å². The van der Waals surface area contributed by atoms with Gasteiger partial charge in [-0.3, -0.25) is 4.79 Å². The summed E-state index contributed by atoms with van der Waals surface area (Å²) in [4.78, 5) is 22.3. The Balaban J connectivity index is 2.05. The van der Waals surface area contributed by atoms with E-state index in [1.54, 1.807) is 49.5 Å². The minimum absolute atomic E-state index is 0.0758. The first-order valence-corrected chi connectivity index (χ1v) is 6.99. The molecular formula is C16H19N3O3. The highest BCUT2D eigenvalue weighted by Crippen LogP contribution is 2.16. The van der Waals surface area contributed by atoms with Gasteiger partial charge in [0.1, 0.15) is 0 Å². The van der Waals surface area contributed by atoms with Crippen LogP contribution < -0.4 is 14.4 Å². The predicted octanol–water partition coefficient (Wildman–Crippen LogP) is 2.09. The minimum Gasteiger partial charge on any atom is -0.481 e. The monoisotopic (exact) mass is 301 g/mol. The Hall–Kier alpha value is -2.63. The number of amides is 1. The number of hydrogen-bond donors (Lipinski definition) is 0. The summed E-state index contributed by atoms with van der Waals surface area (Å²) < 4.78 is 10.3. The molecule has 0 spiro atoms. The summed E-state index contributed by atoms with van der Waals surface area (Å²) in [6.07, 6.45) is 1.80. The molecule has 0 fully saturated rings. The molecule has 116 valence electrons. The van der Waals surface area contributed by atoms with Crippen molar-refractivity contribution in [3.8, 4) is 11.8 Å². The third kappa shape index (κ3) is 3.94. The topological polar surface area (TPSA) is 64.5 Å². The molecule has 1 amide bonds. The van der Waals surface area contributed by atoms with Gasteiger partial charge in [0, 0.05) is 19.2 Å². The molecule has 2 aromatic rings. The normalized spacial score (nSPS) is 10.1. The van der Waals surface area contributed by atoms with Gasteiger partial charge in [0.15, 0.2) is 0 Å². The Morgan fingerprint density at radius 3 is 2.68 bits per heavy atom. The second-order valence-electron chi connectivity index (χ2n) is 4.59. The van der Waals surface area contributed by atoms with Crippen LogP contribution in [0.5, 0.6) is 11.8 Å². The molecular weight excluding hydrogens is 282 g/mol. The second-order valence-corrected chi connectivity index (χ2v) is 4.59. The number of nitrogens with zero attached hydrogens (tertiary/aromatic N) is 3. The standard InChI is InChI=1S/C16H19N3O3/c1-4-22-15-7-5-6-12(18-15)10-16(20)19(2)13-8-9-14(21-3)17-11-13/h5-9,11H,4,10H2,1-3H3. The summed E-state index contributed by atoms with van der Waals surface area (Å²) in [5, 5.41) is 0. The molecule has 0 unspecified atom stereocenters. The lowest BCUT2D eigenvalue weighted by atomic mass is 10.2. The first kappa shape index (κ1) is 15.8. The Morgan fingerprint density at radius 2 is 2.05 bits per heavy atom. The second kappa shape index (κ2) is 7.40. The van der Waals surface area contributed by atoms with Crippen molar-refractivity contribution < 1.29 is 14.3 Å². The van der Waals surface area contributed by atoms with E-state index in [0.29, 0.717) is 29.7 Å². The summed E-state index contributed by atoms with van der Waals surface area (Å²) >= 11 is 0. The van der Waals surface area contributed by atoms with E-state index in [1.807, 2.05) is 13.0 Å². The quantitative estimate of drug-likeness (QED) is 0.817. The van der Waals surface area contributed by atoms with Crippen molar-refractivity contribution >= 4 is 11.6 Å². The molecule has 0 aliphatic carbocycles. The number of aromatic nitrogens is 2. The fourth-order valence-electron chi connectivity index (χ4n) is 1.89. The molecule has 0 saturated heterocycles. The molecule has 0 atom stereocenters. The molecule has 2 heterocycles. The van der Waals surface area contributed by atoms with Gasteiger partial charge in [-0.1, -0.05) is 6.07 Å². The number of pyridine rings is 2. The maximum absolute atomic E-state index is 12.3. The zero-order valence-electron chi connectivity index (χ0n) is 12.9. The van der Waals surface area contributed by atoms with E-state index in [-0.39, 0.29) is 12.3 Å². The number of ether oxygens (including phenoxy) is 2. The van der Waals surface area contributed by atoms with E-state index >= 15 is 0 Å². The van der Waals surface area contributed by atoms with Crippen LogP contribution in [0.15, 0.2) is 36.5 Å². The number of carbonyl (C=O) groups excluding carboxylic acids is 1. The molecule has 0 aromatic carbocycles. The summed E-state index contributed by atoms with van der Waals surface area (Å²) in [6.45, 7) is 2.44. The van der Waals surface area contributed by atoms with Crippen LogP contribution in [-0.4, -0.2) is 36.6 Å². The van der Waals surface area contributed by atoms with Gasteiger partial charge in [0.05, 0.1) is 37.7 Å². The Labute approximate surface area is 129 Å². The van der Waals surface area contributed by atoms with Crippen LogP contribution in [0.3, 0.4) is 0 Å². The summed E-state index contributed by atoms with van der Waals surface area (Å²) in [7, 11) is 3.26. The van der Waals surface area contributed by atoms with Crippen LogP contribution in [0, 0.1) is 0 Å². The molecule has 2 aromatic heterocycles. The van der Waals surface area contributed by atoms with E-state index in [2.05, 4.69) is 9.97 Å². The van der Waals surface area contributed by atoms with Crippen LogP contribution in [-0.2, 0) is 11.2 Å². The third-order valence-corrected chi connectivity index (χ3v) is 3.10. The van der Waals surface area contributed by atoms with E-state index in [9.17, 15) is 4.79 Å². The van der Waals surface area contributed by atoms with Crippen molar-refractivity contribution in [1.82, 2.24) is 9.97 Å². The summed E-state index contributed by atoms with van der Waals surface area (Å²) in [6, 6.07) is 8.91. The minimum atomic E-state index is -0.0758. The maximum Gasteiger partial charge on any atom is 0.232 e. The zero-order chi connectivity index (χ0) is 15.9. The highest BCUT2D eigenvalue weighted by atomic mass is 16.5. The SMILES string of the molecule is CCOc1cccc(CC(=O)N(C)c2ccc(OC)nc2)n1. The molecule has 0 N–H and O–H groups in total. The molecule has 0 saturated carbocycles. The van der Waals surface area contributed by atoms with E-state index in [4.69, 9.17) is 9.47 Å². The maximum atomic E-state index is 12.3. The number of rotatable bonds is 6. The average molecular weight is 301 g/mol. The van der Waals surface area contributed by atoms with Crippen molar-refractivity contribution in [2.45, 2.75) is 13.3 Å². The van der Waals surface area contributed by atoms with E-state index in [1.165, 1.54) is 0 Å². The average Bonchev–Trinajstić information content (AvgIpc) is 2.55. The van der Waals surface area contributed by atoms with Crippen LogP contribution in [0.1, 0.15) is 12.6 Å². The Morgan fingerprint density at radius 1 is 1.23 bits per heavy atom. The lowest BCUT2D eigenvalue weighted by Crippen LogP contribution is -2.28. The van der Waals surface area contributed by atoms with Crippen molar-refractivity contribution in [3.63, 3.8) is 0 Å². The first-order chi connectivity index (χ1) is 10.6. The first-order valence-electron chi connectivity index (χ1n) is 6.99. The predicted molar refractivity (Wildman–Crippen MR) is 83.3 cm³/mol. The van der Waals surface area contributed by atoms with Crippen LogP contribution in [0.25, 0.3) is 0 Å². The van der Waals surface area contributed by atoms with Gasteiger partial charge in [0.2, 0.25) is 17.7 Å². The molecule has 0 aliphatic heterocycles. The van der Waals surface area contributed by atoms with E-state index < -0.39 is 0 Å². The molecule has 0 aliphatic rings. The number of anilines is 1. The molecule has 2 rings (SSSR count). The summed E-state index contributed by atoms with van der Waals surface area (Å²) in [5.74, 6) is 0.963. The van der Waals surface area contributed by atoms with Crippen LogP contribution in [0.2, 0.25) is 0 Å². The number of hydrogen-bond acceptors (Lipinski definition) is 5. The smallest absolute Gasteiger partial charge is 0.232 e. The van der Waals surface area contributed by atoms with Gasteiger partial charge < -0.3 is 14.4 Å². The fourth-order valence-corrected chi connectivity index (χ4v) is 1.89. The van der Waals surface area contributed by atoms with Gasteiger partial charge in [-0.25, -0.2) is 9.97 Å². The zero-order valence-corrected chi connectivity index (χ0v) is 12.9. The lowest BCUT2D eigenvalue weighted by Gasteiger charge is -2.17. The third-order valence-electron chi connectivity index (χ3n) is 3.10. The van der Waals surface area contributed by atoms with Crippen LogP contribution >= 0.6 is 0 Å². The molecule has 6 heteroatoms. The highest BCUT2D eigenvalue weighted by molar-refractivity contribution is 5.93. The number of methoxy groups -OCH3 is 1. The van der Waals surface area contributed by atoms with Gasteiger partial charge in [-0.2, -0.15) is 0 Å². The van der Waals surface area contributed by atoms with Gasteiger partial charge in [-0.15, -0.1) is 0 Å². The number of carbonyl (C=O) groups is 1. The molecule has 0 radical (unpaired) electrons. The molecule has 6 nitrogen and oxygen atoms in total. The van der Waals surface area contributed by atoms with Crippen LogP contribution in [0.4, 0.5) is 5.69 Å². The summed E-state index contributed by atoms with van der Waals surface area (Å²) in [5.41, 5.74) is 1.37. The van der Waals surface area contributed by atoms with Crippen molar-refractivity contribution in [2.24, 2.45) is 0 Å². The largest absolute Gasteiger partial charge is 0.481 e. The lowest BCUT2D eigenvalue weighted by molar-refractivity contribution is -0.117. The van der Waals surface area contributed by atoms with Crippen molar-refractivity contribution in [2.75, 3.05) is 25.7 Å². The Kier molecular flexibility index (Phi) is 5.30. The van der Waals surface area contributed by atoms with E-state index in [0.717, 1.165) is 0 Å². The molecule has 0 bridgehead atoms. The van der Waals surface area contributed by atoms with Gasteiger partial charge in [-0.05, 0) is 19.1 Å². The number of likely N-dealkylation sites (N-methyl/N-ethyl adjacent to an activating group) is 1. The fraction of sp³-hybridized carbons (Fsp3) is 0.312. The highest BCUT2D eigenvalue weighted by Gasteiger charge is 2.13. The van der Waals surface area contributed by atoms with Crippen molar-refractivity contribution in [1.29, 1.82) is 0 Å². The Bertz CT molecular complexity index is 629.